The van der Waals surface area contributed by atoms with Crippen LogP contribution < -0.4 is 14.2 Å². The summed E-state index contributed by atoms with van der Waals surface area (Å²) in [5.74, 6) is 0.435. The van der Waals surface area contributed by atoms with E-state index in [9.17, 15) is 13.2 Å². The molecular weight excluding hydrogens is 356 g/mol. The van der Waals surface area contributed by atoms with Gasteiger partial charge in [-0.3, -0.25) is 0 Å². The number of carbonyl (C=O) groups excluding carboxylic acids is 1. The molecule has 0 heterocycles. The fourth-order valence-electron chi connectivity index (χ4n) is 2.37. The summed E-state index contributed by atoms with van der Waals surface area (Å²) in [7, 11) is -2.24. The lowest BCUT2D eigenvalue weighted by atomic mass is 10.1. The number of ether oxygens (including phenoxy) is 1. The van der Waals surface area contributed by atoms with Crippen LogP contribution in [0, 0.1) is 0 Å². The molecule has 0 unspecified atom stereocenters. The van der Waals surface area contributed by atoms with Gasteiger partial charge in [-0.25, -0.2) is 4.79 Å². The van der Waals surface area contributed by atoms with Crippen molar-refractivity contribution in [2.75, 3.05) is 19.9 Å². The summed E-state index contributed by atoms with van der Waals surface area (Å²) < 4.78 is 33.1. The average Bonchev–Trinajstić information content (AvgIpc) is 2.58. The lowest BCUT2D eigenvalue weighted by Gasteiger charge is -2.29. The van der Waals surface area contributed by atoms with Gasteiger partial charge in [0.2, 0.25) is 0 Å². The molecule has 0 aliphatic heterocycles. The molecule has 1 aromatic carbocycles. The van der Waals surface area contributed by atoms with Crippen molar-refractivity contribution in [1.29, 1.82) is 0 Å². The van der Waals surface area contributed by atoms with Crippen molar-refractivity contribution >= 4 is 16.1 Å². The Bertz CT molecular complexity index is 691. The zero-order chi connectivity index (χ0) is 19.7. The predicted octanol–water partition coefficient (Wildman–Crippen LogP) is 3.14. The van der Waals surface area contributed by atoms with Gasteiger partial charge in [0.15, 0.2) is 11.5 Å². The number of urea groups is 1. The molecule has 0 spiro atoms. The molecule has 0 saturated heterocycles. The van der Waals surface area contributed by atoms with Crippen molar-refractivity contribution in [3.63, 3.8) is 0 Å². The van der Waals surface area contributed by atoms with E-state index in [-0.39, 0.29) is 17.8 Å². The molecule has 2 amide bonds. The number of hydrogen-bond donors (Lipinski definition) is 1. The minimum Gasteiger partial charge on any atom is -0.493 e. The fourth-order valence-corrected chi connectivity index (χ4v) is 2.82. The predicted molar refractivity (Wildman–Crippen MR) is 102 cm³/mol. The van der Waals surface area contributed by atoms with Gasteiger partial charge in [0, 0.05) is 19.1 Å². The Kier molecular flexibility index (Phi) is 8.71. The summed E-state index contributed by atoms with van der Waals surface area (Å²) in [5, 5.41) is 2.93. The second kappa shape index (κ2) is 10.3. The smallest absolute Gasteiger partial charge is 0.317 e. The molecule has 0 bridgehead atoms. The lowest BCUT2D eigenvalue weighted by Crippen LogP contribution is -2.44. The highest BCUT2D eigenvalue weighted by atomic mass is 32.2. The third-order valence-electron chi connectivity index (χ3n) is 4.01. The highest BCUT2D eigenvalue weighted by Crippen LogP contribution is 2.30. The van der Waals surface area contributed by atoms with Crippen LogP contribution in [-0.2, 0) is 16.7 Å². The molecule has 1 atom stereocenters. The molecule has 0 radical (unpaired) electrons. The standard InChI is InChI=1S/C18H30N2O5S/c1-6-8-11-19-18(21)20(14(3)7-2)13-15-9-10-16(24-4)17(12-15)25-26(5,22)23/h9-10,12,14H,6-8,11,13H2,1-5H3,(H,19,21)/t14-/m1/s1. The van der Waals surface area contributed by atoms with Crippen LogP contribution in [0.15, 0.2) is 18.2 Å². The van der Waals surface area contributed by atoms with E-state index >= 15 is 0 Å². The Morgan fingerprint density at radius 2 is 1.96 bits per heavy atom. The van der Waals surface area contributed by atoms with Crippen LogP contribution in [0.5, 0.6) is 11.5 Å². The molecule has 0 aliphatic carbocycles. The number of benzene rings is 1. The first-order valence-corrected chi connectivity index (χ1v) is 10.6. The number of nitrogens with zero attached hydrogens (tertiary/aromatic N) is 1. The number of hydrogen-bond acceptors (Lipinski definition) is 5. The van der Waals surface area contributed by atoms with E-state index in [0.29, 0.717) is 18.8 Å². The molecule has 0 aliphatic rings. The minimum absolute atomic E-state index is 0.0398. The topological polar surface area (TPSA) is 84.9 Å². The highest BCUT2D eigenvalue weighted by Gasteiger charge is 2.20. The second-order valence-electron chi connectivity index (χ2n) is 6.24. The first kappa shape index (κ1) is 22.1. The van der Waals surface area contributed by atoms with Crippen LogP contribution in [0.3, 0.4) is 0 Å². The molecule has 148 valence electrons. The van der Waals surface area contributed by atoms with E-state index in [4.69, 9.17) is 8.92 Å². The van der Waals surface area contributed by atoms with E-state index < -0.39 is 10.1 Å². The van der Waals surface area contributed by atoms with Gasteiger partial charge < -0.3 is 19.1 Å². The van der Waals surface area contributed by atoms with E-state index in [2.05, 4.69) is 12.2 Å². The van der Waals surface area contributed by atoms with Crippen molar-refractivity contribution in [1.82, 2.24) is 10.2 Å². The van der Waals surface area contributed by atoms with Gasteiger partial charge in [0.1, 0.15) is 0 Å². The maximum Gasteiger partial charge on any atom is 0.317 e. The molecule has 0 aromatic heterocycles. The summed E-state index contributed by atoms with van der Waals surface area (Å²) in [6, 6.07) is 4.93. The molecule has 26 heavy (non-hydrogen) atoms. The number of unbranched alkanes of at least 4 members (excludes halogenated alkanes) is 1. The maximum atomic E-state index is 12.5. The molecule has 0 fully saturated rings. The van der Waals surface area contributed by atoms with Crippen LogP contribution in [0.2, 0.25) is 0 Å². The molecule has 1 rings (SSSR count). The van der Waals surface area contributed by atoms with Gasteiger partial charge in [0.05, 0.1) is 13.4 Å². The molecule has 0 saturated carbocycles. The fraction of sp³-hybridized carbons (Fsp3) is 0.611. The van der Waals surface area contributed by atoms with Crippen molar-refractivity contribution < 1.29 is 22.1 Å². The van der Waals surface area contributed by atoms with Gasteiger partial charge in [0.25, 0.3) is 0 Å². The van der Waals surface area contributed by atoms with Crippen molar-refractivity contribution in [3.05, 3.63) is 23.8 Å². The Labute approximate surface area is 156 Å². The van der Waals surface area contributed by atoms with Gasteiger partial charge in [-0.15, -0.1) is 0 Å². The number of rotatable bonds is 10. The normalized spacial score (nSPS) is 12.3. The Morgan fingerprint density at radius 1 is 1.27 bits per heavy atom. The third kappa shape index (κ3) is 7.11. The minimum atomic E-state index is -3.68. The maximum absolute atomic E-state index is 12.5. The molecular formula is C18H30N2O5S. The van der Waals surface area contributed by atoms with E-state index in [1.807, 2.05) is 13.8 Å². The second-order valence-corrected chi connectivity index (χ2v) is 7.82. The van der Waals surface area contributed by atoms with Gasteiger partial charge in [-0.05, 0) is 37.5 Å². The SMILES string of the molecule is CCCCNC(=O)N(Cc1ccc(OC)c(OS(C)(=O)=O)c1)[C@H](C)CC. The van der Waals surface area contributed by atoms with Crippen molar-refractivity contribution in [2.45, 2.75) is 52.6 Å². The van der Waals surface area contributed by atoms with Gasteiger partial charge in [-0.1, -0.05) is 26.3 Å². The zero-order valence-electron chi connectivity index (χ0n) is 16.2. The quantitative estimate of drug-likeness (QED) is 0.493. The Hall–Kier alpha value is -1.96. The Balaban J connectivity index is 3.02. The first-order valence-electron chi connectivity index (χ1n) is 8.82. The van der Waals surface area contributed by atoms with E-state index in [1.165, 1.54) is 7.11 Å². The Morgan fingerprint density at radius 3 is 2.50 bits per heavy atom. The summed E-state index contributed by atoms with van der Waals surface area (Å²) in [5.41, 5.74) is 0.760. The highest BCUT2D eigenvalue weighted by molar-refractivity contribution is 7.86. The van der Waals surface area contributed by atoms with Crippen LogP contribution >= 0.6 is 0 Å². The van der Waals surface area contributed by atoms with Crippen LogP contribution in [0.4, 0.5) is 4.79 Å². The van der Waals surface area contributed by atoms with Crippen molar-refractivity contribution in [3.8, 4) is 11.5 Å². The largest absolute Gasteiger partial charge is 0.493 e. The number of methoxy groups -OCH3 is 1. The first-order chi connectivity index (χ1) is 12.2. The number of nitrogens with one attached hydrogen (secondary N) is 1. The third-order valence-corrected chi connectivity index (χ3v) is 4.49. The zero-order valence-corrected chi connectivity index (χ0v) is 17.1. The monoisotopic (exact) mass is 386 g/mol. The number of carbonyl (C=O) groups is 1. The van der Waals surface area contributed by atoms with Crippen LogP contribution in [0.25, 0.3) is 0 Å². The molecule has 1 aromatic rings. The van der Waals surface area contributed by atoms with Crippen molar-refractivity contribution in [2.24, 2.45) is 0 Å². The molecule has 1 N–H and O–H groups in total. The molecule has 7 nitrogen and oxygen atoms in total. The summed E-state index contributed by atoms with van der Waals surface area (Å²) in [6.45, 7) is 7.05. The van der Waals surface area contributed by atoms with E-state index in [1.54, 1.807) is 23.1 Å². The van der Waals surface area contributed by atoms with Gasteiger partial charge in [-0.2, -0.15) is 8.42 Å². The van der Waals surface area contributed by atoms with Crippen LogP contribution in [0.1, 0.15) is 45.6 Å². The van der Waals surface area contributed by atoms with Gasteiger partial charge >= 0.3 is 16.1 Å². The molecule has 8 heteroatoms. The summed E-state index contributed by atoms with van der Waals surface area (Å²) in [6.07, 6.45) is 3.72. The number of amides is 2. The van der Waals surface area contributed by atoms with Crippen LogP contribution in [-0.4, -0.2) is 45.3 Å². The summed E-state index contributed by atoms with van der Waals surface area (Å²) in [4.78, 5) is 14.3. The lowest BCUT2D eigenvalue weighted by molar-refractivity contribution is 0.173. The summed E-state index contributed by atoms with van der Waals surface area (Å²) >= 11 is 0. The van der Waals surface area contributed by atoms with E-state index in [0.717, 1.165) is 31.1 Å². The average molecular weight is 387 g/mol.